The van der Waals surface area contributed by atoms with Gasteiger partial charge in [-0.15, -0.1) is 0 Å². The van der Waals surface area contributed by atoms with Crippen LogP contribution >= 0.6 is 23.2 Å². The van der Waals surface area contributed by atoms with Crippen LogP contribution in [0.2, 0.25) is 10.0 Å². The number of ether oxygens (including phenoxy) is 2. The maximum absolute atomic E-state index is 14.6. The summed E-state index contributed by atoms with van der Waals surface area (Å²) in [5, 5.41) is -0.0588. The van der Waals surface area contributed by atoms with E-state index in [9.17, 15) is 9.18 Å². The molecule has 25 heavy (non-hydrogen) atoms. The van der Waals surface area contributed by atoms with Gasteiger partial charge in [0.2, 0.25) is 0 Å². The van der Waals surface area contributed by atoms with Gasteiger partial charge in [-0.05, 0) is 18.6 Å². The minimum atomic E-state index is -0.776. The number of benzene rings is 1. The maximum Gasteiger partial charge on any atom is 0.358 e. The number of rotatable bonds is 6. The zero-order chi connectivity index (χ0) is 18.6. The fourth-order valence-corrected chi connectivity index (χ4v) is 2.37. The summed E-state index contributed by atoms with van der Waals surface area (Å²) in [6.45, 7) is 2.17. The fourth-order valence-electron chi connectivity index (χ4n) is 1.99. The minimum Gasteiger partial charge on any atom is -0.492 e. The van der Waals surface area contributed by atoms with E-state index in [1.807, 2.05) is 6.92 Å². The van der Waals surface area contributed by atoms with E-state index in [-0.39, 0.29) is 45.3 Å². The first-order valence-electron chi connectivity index (χ1n) is 7.43. The van der Waals surface area contributed by atoms with E-state index in [1.54, 1.807) is 0 Å². The second kappa shape index (κ2) is 8.31. The first-order valence-corrected chi connectivity index (χ1v) is 8.18. The third kappa shape index (κ3) is 4.11. The molecule has 0 bridgehead atoms. The van der Waals surface area contributed by atoms with Crippen molar-refractivity contribution in [3.8, 4) is 17.1 Å². The van der Waals surface area contributed by atoms with Crippen LogP contribution in [0.25, 0.3) is 11.4 Å². The van der Waals surface area contributed by atoms with Crippen molar-refractivity contribution in [2.24, 2.45) is 0 Å². The summed E-state index contributed by atoms with van der Waals surface area (Å²) < 4.78 is 24.6. The average Bonchev–Trinajstić information content (AvgIpc) is 2.58. The zero-order valence-electron chi connectivity index (χ0n) is 13.6. The number of nitrogen functional groups attached to an aromatic ring is 1. The van der Waals surface area contributed by atoms with E-state index < -0.39 is 11.8 Å². The molecule has 0 radical (unpaired) electrons. The number of carbonyl (C=O) groups excluding carboxylic acids is 1. The van der Waals surface area contributed by atoms with E-state index in [0.29, 0.717) is 6.42 Å². The van der Waals surface area contributed by atoms with Crippen molar-refractivity contribution in [2.45, 2.75) is 19.8 Å². The van der Waals surface area contributed by atoms with E-state index in [0.717, 1.165) is 6.42 Å². The standard InChI is InChI=1S/C16H16Cl2FN3O3/c1-3-4-7-25-16(23)12-10(18)14(20)22-15(21-12)8-5-6-9(17)13(24-2)11(8)19/h5-6H,3-4,7H2,1-2H3,(H2,20,21,22). The van der Waals surface area contributed by atoms with E-state index >= 15 is 0 Å². The molecule has 0 saturated heterocycles. The molecule has 0 aliphatic carbocycles. The Bertz CT molecular complexity index is 803. The lowest BCUT2D eigenvalue weighted by atomic mass is 10.1. The highest BCUT2D eigenvalue weighted by molar-refractivity contribution is 6.35. The number of halogens is 3. The lowest BCUT2D eigenvalue weighted by Crippen LogP contribution is -2.12. The Labute approximate surface area is 154 Å². The third-order valence-electron chi connectivity index (χ3n) is 3.30. The second-order valence-electron chi connectivity index (χ2n) is 5.03. The molecular weight excluding hydrogens is 372 g/mol. The minimum absolute atomic E-state index is 0.0350. The molecular formula is C16H16Cl2FN3O3. The van der Waals surface area contributed by atoms with Crippen LogP contribution in [-0.4, -0.2) is 29.7 Å². The maximum atomic E-state index is 14.6. The van der Waals surface area contributed by atoms with Crippen LogP contribution in [0.4, 0.5) is 10.2 Å². The van der Waals surface area contributed by atoms with Crippen molar-refractivity contribution >= 4 is 35.0 Å². The molecule has 6 nitrogen and oxygen atoms in total. The first kappa shape index (κ1) is 19.2. The molecule has 134 valence electrons. The van der Waals surface area contributed by atoms with Crippen molar-refractivity contribution in [1.82, 2.24) is 9.97 Å². The molecule has 2 rings (SSSR count). The quantitative estimate of drug-likeness (QED) is 0.591. The van der Waals surface area contributed by atoms with Crippen LogP contribution in [0, 0.1) is 5.82 Å². The molecule has 0 spiro atoms. The number of nitrogens with zero attached hydrogens (tertiary/aromatic N) is 2. The van der Waals surface area contributed by atoms with Crippen molar-refractivity contribution in [1.29, 1.82) is 0 Å². The zero-order valence-corrected chi connectivity index (χ0v) is 15.1. The van der Waals surface area contributed by atoms with E-state index in [1.165, 1.54) is 19.2 Å². The van der Waals surface area contributed by atoms with E-state index in [2.05, 4.69) is 9.97 Å². The highest BCUT2D eigenvalue weighted by Gasteiger charge is 2.22. The molecule has 9 heteroatoms. The van der Waals surface area contributed by atoms with Gasteiger partial charge in [0.25, 0.3) is 0 Å². The number of nitrogens with two attached hydrogens (primary N) is 1. The van der Waals surface area contributed by atoms with Crippen LogP contribution in [0.15, 0.2) is 12.1 Å². The van der Waals surface area contributed by atoms with Gasteiger partial charge in [-0.1, -0.05) is 36.5 Å². The summed E-state index contributed by atoms with van der Waals surface area (Å²) in [6, 6.07) is 2.78. The van der Waals surface area contributed by atoms with Gasteiger partial charge in [-0.3, -0.25) is 0 Å². The Morgan fingerprint density at radius 1 is 1.32 bits per heavy atom. The molecule has 1 aromatic heterocycles. The molecule has 2 N–H and O–H groups in total. The monoisotopic (exact) mass is 387 g/mol. The van der Waals surface area contributed by atoms with Gasteiger partial charge in [0.1, 0.15) is 10.8 Å². The molecule has 1 aromatic carbocycles. The van der Waals surface area contributed by atoms with Crippen LogP contribution in [-0.2, 0) is 4.74 Å². The average molecular weight is 388 g/mol. The van der Waals surface area contributed by atoms with Crippen LogP contribution in [0.3, 0.4) is 0 Å². The Morgan fingerprint density at radius 3 is 2.68 bits per heavy atom. The summed E-state index contributed by atoms with van der Waals surface area (Å²) in [4.78, 5) is 20.1. The summed E-state index contributed by atoms with van der Waals surface area (Å²) >= 11 is 11.9. The van der Waals surface area contributed by atoms with Gasteiger partial charge in [0.05, 0.1) is 24.3 Å². The number of carbonyl (C=O) groups is 1. The van der Waals surface area contributed by atoms with Crippen LogP contribution in [0.5, 0.6) is 5.75 Å². The molecule has 0 atom stereocenters. The Morgan fingerprint density at radius 2 is 2.04 bits per heavy atom. The highest BCUT2D eigenvalue weighted by Crippen LogP contribution is 2.35. The van der Waals surface area contributed by atoms with Gasteiger partial charge in [-0.25, -0.2) is 19.2 Å². The van der Waals surface area contributed by atoms with Gasteiger partial charge in [0.15, 0.2) is 23.1 Å². The number of unbranched alkanes of at least 4 members (excludes halogenated alkanes) is 1. The SMILES string of the molecule is CCCCOC(=O)c1nc(-c2ccc(Cl)c(OC)c2F)nc(N)c1Cl. The van der Waals surface area contributed by atoms with Crippen molar-refractivity contribution in [2.75, 3.05) is 19.5 Å². The lowest BCUT2D eigenvalue weighted by Gasteiger charge is -2.11. The molecule has 1 heterocycles. The number of aromatic nitrogens is 2. The summed E-state index contributed by atoms with van der Waals surface area (Å²) in [6.07, 6.45) is 1.55. The normalized spacial score (nSPS) is 10.6. The Hall–Kier alpha value is -2.12. The van der Waals surface area contributed by atoms with Gasteiger partial charge in [0, 0.05) is 0 Å². The van der Waals surface area contributed by atoms with Gasteiger partial charge in [-0.2, -0.15) is 0 Å². The molecule has 0 aliphatic heterocycles. The molecule has 0 unspecified atom stereocenters. The second-order valence-corrected chi connectivity index (χ2v) is 5.81. The lowest BCUT2D eigenvalue weighted by molar-refractivity contribution is 0.0493. The smallest absolute Gasteiger partial charge is 0.358 e. The highest BCUT2D eigenvalue weighted by atomic mass is 35.5. The summed E-state index contributed by atoms with van der Waals surface area (Å²) in [5.41, 5.74) is 5.47. The third-order valence-corrected chi connectivity index (χ3v) is 3.97. The molecule has 0 fully saturated rings. The summed E-state index contributed by atoms with van der Waals surface area (Å²) in [5.74, 6) is -1.99. The number of hydrogen-bond acceptors (Lipinski definition) is 6. The number of methoxy groups -OCH3 is 1. The first-order chi connectivity index (χ1) is 11.9. The van der Waals surface area contributed by atoms with E-state index in [4.69, 9.17) is 38.4 Å². The summed E-state index contributed by atoms with van der Waals surface area (Å²) in [7, 11) is 1.28. The fraction of sp³-hybridized carbons (Fsp3) is 0.312. The van der Waals surface area contributed by atoms with Crippen LogP contribution in [0.1, 0.15) is 30.3 Å². The van der Waals surface area contributed by atoms with Crippen molar-refractivity contribution < 1.29 is 18.7 Å². The predicted octanol–water partition coefficient (Wildman–Crippen LogP) is 4.14. The molecule has 2 aromatic rings. The molecule has 0 amide bonds. The van der Waals surface area contributed by atoms with Crippen LogP contribution < -0.4 is 10.5 Å². The van der Waals surface area contributed by atoms with Crippen molar-refractivity contribution in [3.63, 3.8) is 0 Å². The molecule has 0 saturated carbocycles. The number of anilines is 1. The topological polar surface area (TPSA) is 87.3 Å². The Kier molecular flexibility index (Phi) is 6.39. The van der Waals surface area contributed by atoms with Crippen molar-refractivity contribution in [3.05, 3.63) is 33.7 Å². The van der Waals surface area contributed by atoms with Gasteiger partial charge >= 0.3 is 5.97 Å². The predicted molar refractivity (Wildman–Crippen MR) is 93.6 cm³/mol. The van der Waals surface area contributed by atoms with Gasteiger partial charge < -0.3 is 15.2 Å². The largest absolute Gasteiger partial charge is 0.492 e. The number of hydrogen-bond donors (Lipinski definition) is 1. The molecule has 0 aliphatic rings. The number of esters is 1. The Balaban J connectivity index is 2.49.